The molecule has 0 radical (unpaired) electrons. The zero-order valence-corrected chi connectivity index (χ0v) is 16.2. The fourth-order valence-corrected chi connectivity index (χ4v) is 2.99. The van der Waals surface area contributed by atoms with Crippen LogP contribution in [0.4, 0.5) is 0 Å². The number of hydrogen-bond donors (Lipinski definition) is 2. The third-order valence-corrected chi connectivity index (χ3v) is 4.60. The first-order valence-corrected chi connectivity index (χ1v) is 9.49. The van der Waals surface area contributed by atoms with Crippen LogP contribution in [-0.2, 0) is 19.6 Å². The molecular weight excluding hydrogens is 350 g/mol. The number of hydrogen-bond acceptors (Lipinski definition) is 4. The molecule has 1 atom stereocenters. The smallest absolute Gasteiger partial charge is 0.119 e. The molecule has 0 aliphatic carbocycles. The Morgan fingerprint density at radius 2 is 1.57 bits per heavy atom. The van der Waals surface area contributed by atoms with Crippen molar-refractivity contribution in [1.29, 1.82) is 0 Å². The van der Waals surface area contributed by atoms with Crippen LogP contribution in [0, 0.1) is 0 Å². The minimum Gasteiger partial charge on any atom is -0.497 e. The minimum atomic E-state index is -0.0118. The monoisotopic (exact) mass is 377 g/mol. The summed E-state index contributed by atoms with van der Waals surface area (Å²) in [6.07, 6.45) is 0.749. The fourth-order valence-electron chi connectivity index (χ4n) is 2.99. The molecule has 0 spiro atoms. The van der Waals surface area contributed by atoms with Crippen LogP contribution in [0.5, 0.6) is 11.5 Å². The van der Waals surface area contributed by atoms with E-state index in [1.807, 2.05) is 66.7 Å². The maximum absolute atomic E-state index is 9.72. The van der Waals surface area contributed by atoms with Crippen LogP contribution in [0.3, 0.4) is 0 Å². The number of nitrogens with one attached hydrogen (secondary N) is 1. The van der Waals surface area contributed by atoms with Gasteiger partial charge in [0, 0.05) is 12.6 Å². The molecule has 0 amide bonds. The number of aliphatic hydroxyl groups excluding tert-OH is 1. The minimum absolute atomic E-state index is 0.0118. The van der Waals surface area contributed by atoms with E-state index in [2.05, 4.69) is 17.4 Å². The lowest BCUT2D eigenvalue weighted by atomic mass is 10.1. The molecule has 3 rings (SSSR count). The number of methoxy groups -OCH3 is 1. The highest BCUT2D eigenvalue weighted by Gasteiger charge is 2.09. The summed E-state index contributed by atoms with van der Waals surface area (Å²) in [6, 6.07) is 26.1. The van der Waals surface area contributed by atoms with Crippen LogP contribution in [0.1, 0.15) is 16.7 Å². The Bertz CT molecular complexity index is 834. The first-order valence-electron chi connectivity index (χ1n) is 9.49. The largest absolute Gasteiger partial charge is 0.497 e. The summed E-state index contributed by atoms with van der Waals surface area (Å²) in [5, 5.41) is 13.1. The van der Waals surface area contributed by atoms with Crippen LogP contribution < -0.4 is 14.8 Å². The molecule has 0 heterocycles. The molecule has 0 aromatic heterocycles. The molecular formula is C24H27NO3. The van der Waals surface area contributed by atoms with E-state index in [1.54, 1.807) is 7.11 Å². The average molecular weight is 377 g/mol. The van der Waals surface area contributed by atoms with Crippen molar-refractivity contribution in [1.82, 2.24) is 5.32 Å². The molecule has 28 heavy (non-hydrogen) atoms. The SMILES string of the molecule is COc1cccc(CN[C@H](CO)Cc2ccc(OCc3ccccc3)cc2)c1. The fraction of sp³-hybridized carbons (Fsp3) is 0.250. The Balaban J connectivity index is 1.49. The standard InChI is InChI=1S/C24H27NO3/c1-27-24-9-5-8-21(15-24)16-25-22(17-26)14-19-10-12-23(13-11-19)28-18-20-6-3-2-4-7-20/h2-13,15,22,25-26H,14,16-18H2,1H3/t22-/m0/s1. The van der Waals surface area contributed by atoms with Crippen LogP contribution in [0.15, 0.2) is 78.9 Å². The number of aliphatic hydroxyl groups is 1. The maximum Gasteiger partial charge on any atom is 0.119 e. The molecule has 3 aromatic rings. The molecule has 0 bridgehead atoms. The van der Waals surface area contributed by atoms with Gasteiger partial charge in [0.25, 0.3) is 0 Å². The predicted molar refractivity (Wildman–Crippen MR) is 112 cm³/mol. The third-order valence-electron chi connectivity index (χ3n) is 4.60. The van der Waals surface area contributed by atoms with Gasteiger partial charge in [0.2, 0.25) is 0 Å². The zero-order valence-electron chi connectivity index (χ0n) is 16.2. The summed E-state index contributed by atoms with van der Waals surface area (Å²) in [7, 11) is 1.66. The number of ether oxygens (including phenoxy) is 2. The summed E-state index contributed by atoms with van der Waals surface area (Å²) in [4.78, 5) is 0. The highest BCUT2D eigenvalue weighted by molar-refractivity contribution is 5.29. The predicted octanol–water partition coefficient (Wildman–Crippen LogP) is 3.97. The van der Waals surface area contributed by atoms with Gasteiger partial charge in [-0.05, 0) is 47.4 Å². The van der Waals surface area contributed by atoms with Gasteiger partial charge in [-0.15, -0.1) is 0 Å². The Morgan fingerprint density at radius 3 is 2.29 bits per heavy atom. The lowest BCUT2D eigenvalue weighted by Crippen LogP contribution is -2.34. The van der Waals surface area contributed by atoms with Crippen molar-refractivity contribution >= 4 is 0 Å². The second-order valence-corrected chi connectivity index (χ2v) is 6.73. The van der Waals surface area contributed by atoms with Gasteiger partial charge in [0.1, 0.15) is 18.1 Å². The van der Waals surface area contributed by atoms with Gasteiger partial charge in [-0.25, -0.2) is 0 Å². The van der Waals surface area contributed by atoms with E-state index in [4.69, 9.17) is 9.47 Å². The average Bonchev–Trinajstić information content (AvgIpc) is 2.77. The van der Waals surface area contributed by atoms with Gasteiger partial charge in [-0.1, -0.05) is 54.6 Å². The highest BCUT2D eigenvalue weighted by atomic mass is 16.5. The number of rotatable bonds is 10. The summed E-state index contributed by atoms with van der Waals surface area (Å²) in [5.41, 5.74) is 3.43. The Kier molecular flexibility index (Phi) is 7.47. The van der Waals surface area contributed by atoms with Crippen LogP contribution in [0.2, 0.25) is 0 Å². The normalized spacial score (nSPS) is 11.8. The van der Waals surface area contributed by atoms with Crippen molar-refractivity contribution in [2.24, 2.45) is 0 Å². The molecule has 0 aliphatic rings. The molecule has 0 aliphatic heterocycles. The van der Waals surface area contributed by atoms with E-state index < -0.39 is 0 Å². The molecule has 0 fully saturated rings. The van der Waals surface area contributed by atoms with E-state index >= 15 is 0 Å². The molecule has 4 heteroatoms. The second-order valence-electron chi connectivity index (χ2n) is 6.73. The molecule has 0 unspecified atom stereocenters. The first kappa shape index (κ1) is 19.9. The number of benzene rings is 3. The van der Waals surface area contributed by atoms with Crippen molar-refractivity contribution in [3.63, 3.8) is 0 Å². The Hall–Kier alpha value is -2.82. The topological polar surface area (TPSA) is 50.7 Å². The summed E-state index contributed by atoms with van der Waals surface area (Å²) >= 11 is 0. The van der Waals surface area contributed by atoms with Gasteiger partial charge < -0.3 is 19.9 Å². The molecule has 0 saturated carbocycles. The first-order chi connectivity index (χ1) is 13.8. The van der Waals surface area contributed by atoms with Gasteiger partial charge in [-0.2, -0.15) is 0 Å². The van der Waals surface area contributed by atoms with E-state index in [0.717, 1.165) is 34.6 Å². The summed E-state index contributed by atoms with van der Waals surface area (Å²) in [5.74, 6) is 1.68. The molecule has 4 nitrogen and oxygen atoms in total. The quantitative estimate of drug-likeness (QED) is 0.561. The second kappa shape index (κ2) is 10.5. The van der Waals surface area contributed by atoms with Crippen LogP contribution >= 0.6 is 0 Å². The Labute approximate surface area is 166 Å². The third kappa shape index (κ3) is 6.12. The van der Waals surface area contributed by atoms with E-state index in [1.165, 1.54) is 0 Å². The molecule has 146 valence electrons. The maximum atomic E-state index is 9.72. The van der Waals surface area contributed by atoms with E-state index in [-0.39, 0.29) is 12.6 Å². The van der Waals surface area contributed by atoms with Crippen molar-refractivity contribution in [2.45, 2.75) is 25.6 Å². The lowest BCUT2D eigenvalue weighted by Gasteiger charge is -2.17. The van der Waals surface area contributed by atoms with Gasteiger partial charge in [-0.3, -0.25) is 0 Å². The lowest BCUT2D eigenvalue weighted by molar-refractivity contribution is 0.240. The van der Waals surface area contributed by atoms with Crippen molar-refractivity contribution in [3.05, 3.63) is 95.6 Å². The van der Waals surface area contributed by atoms with Crippen molar-refractivity contribution in [3.8, 4) is 11.5 Å². The molecule has 3 aromatic carbocycles. The van der Waals surface area contributed by atoms with Crippen molar-refractivity contribution < 1.29 is 14.6 Å². The summed E-state index contributed by atoms with van der Waals surface area (Å²) in [6.45, 7) is 1.32. The highest BCUT2D eigenvalue weighted by Crippen LogP contribution is 2.16. The molecule has 2 N–H and O–H groups in total. The Morgan fingerprint density at radius 1 is 0.821 bits per heavy atom. The molecule has 0 saturated heterocycles. The van der Waals surface area contributed by atoms with Crippen molar-refractivity contribution in [2.75, 3.05) is 13.7 Å². The van der Waals surface area contributed by atoms with Gasteiger partial charge in [0.15, 0.2) is 0 Å². The van der Waals surface area contributed by atoms with E-state index in [0.29, 0.717) is 13.2 Å². The summed E-state index contributed by atoms with van der Waals surface area (Å²) < 4.78 is 11.1. The zero-order chi connectivity index (χ0) is 19.6. The van der Waals surface area contributed by atoms with E-state index in [9.17, 15) is 5.11 Å². The van der Waals surface area contributed by atoms with Gasteiger partial charge >= 0.3 is 0 Å². The van der Waals surface area contributed by atoms with Gasteiger partial charge in [0.05, 0.1) is 13.7 Å². The van der Waals surface area contributed by atoms with Crippen LogP contribution in [-0.4, -0.2) is 24.9 Å². The van der Waals surface area contributed by atoms with Crippen LogP contribution in [0.25, 0.3) is 0 Å².